The number of rotatable bonds is 3. The summed E-state index contributed by atoms with van der Waals surface area (Å²) in [6.45, 7) is 0. The van der Waals surface area contributed by atoms with Gasteiger partial charge in [0.25, 0.3) is 6.43 Å². The quantitative estimate of drug-likeness (QED) is 0.696. The fourth-order valence-electron chi connectivity index (χ4n) is 1.74. The molecule has 21 heavy (non-hydrogen) atoms. The van der Waals surface area contributed by atoms with Crippen LogP contribution in [-0.2, 0) is 0 Å². The van der Waals surface area contributed by atoms with Gasteiger partial charge in [0.05, 0.1) is 0 Å². The maximum atomic E-state index is 13.6. The summed E-state index contributed by atoms with van der Waals surface area (Å²) in [7, 11) is 0. The van der Waals surface area contributed by atoms with E-state index in [9.17, 15) is 26.3 Å². The molecule has 7 heteroatoms. The van der Waals surface area contributed by atoms with Crippen molar-refractivity contribution in [2.75, 3.05) is 0 Å². The van der Waals surface area contributed by atoms with E-state index in [-0.39, 0.29) is 16.7 Å². The highest BCUT2D eigenvalue weighted by molar-refractivity contribution is 5.65. The lowest BCUT2D eigenvalue weighted by molar-refractivity contribution is -0.274. The van der Waals surface area contributed by atoms with E-state index in [1.165, 1.54) is 0 Å². The van der Waals surface area contributed by atoms with Crippen LogP contribution in [0.25, 0.3) is 11.1 Å². The van der Waals surface area contributed by atoms with Crippen molar-refractivity contribution in [1.29, 1.82) is 0 Å². The first-order valence-corrected chi connectivity index (χ1v) is 5.70. The lowest BCUT2D eigenvalue weighted by Crippen LogP contribution is -2.16. The van der Waals surface area contributed by atoms with E-state index >= 15 is 0 Å². The van der Waals surface area contributed by atoms with Gasteiger partial charge in [-0.2, -0.15) is 0 Å². The van der Waals surface area contributed by atoms with Crippen LogP contribution in [0.4, 0.5) is 26.3 Å². The minimum Gasteiger partial charge on any atom is -0.406 e. The molecule has 0 aliphatic rings. The highest BCUT2D eigenvalue weighted by Crippen LogP contribution is 2.30. The van der Waals surface area contributed by atoms with Crippen LogP contribution in [0.15, 0.2) is 42.5 Å². The molecule has 0 amide bonds. The fraction of sp³-hybridized carbons (Fsp3) is 0.143. The third-order valence-corrected chi connectivity index (χ3v) is 2.64. The van der Waals surface area contributed by atoms with Gasteiger partial charge in [-0.25, -0.2) is 13.2 Å². The first-order valence-electron chi connectivity index (χ1n) is 5.70. The van der Waals surface area contributed by atoms with E-state index in [1.54, 1.807) is 0 Å². The number of hydrogen-bond donors (Lipinski definition) is 0. The standard InChI is InChI=1S/C14H8F6O/c15-12-6-3-9(13(16)17)7-11(12)8-1-4-10(5-2-8)21-14(18,19)20/h1-7,13H. The third kappa shape index (κ3) is 3.90. The van der Waals surface area contributed by atoms with Crippen LogP contribution < -0.4 is 4.74 Å². The van der Waals surface area contributed by atoms with Gasteiger partial charge in [-0.1, -0.05) is 18.2 Å². The molecule has 0 unspecified atom stereocenters. The Labute approximate surface area is 115 Å². The maximum absolute atomic E-state index is 13.6. The van der Waals surface area contributed by atoms with Crippen LogP contribution in [-0.4, -0.2) is 6.36 Å². The smallest absolute Gasteiger partial charge is 0.406 e. The molecule has 1 nitrogen and oxygen atoms in total. The lowest BCUT2D eigenvalue weighted by atomic mass is 10.0. The largest absolute Gasteiger partial charge is 0.573 e. The summed E-state index contributed by atoms with van der Waals surface area (Å²) in [6.07, 6.45) is -7.60. The Balaban J connectivity index is 2.32. The first kappa shape index (κ1) is 15.2. The summed E-state index contributed by atoms with van der Waals surface area (Å²) >= 11 is 0. The van der Waals surface area contributed by atoms with E-state index in [0.29, 0.717) is 0 Å². The number of halogens is 6. The molecular formula is C14H8F6O. The summed E-state index contributed by atoms with van der Waals surface area (Å²) in [5.41, 5.74) is -0.321. The molecule has 0 atom stereocenters. The Morgan fingerprint density at radius 2 is 1.52 bits per heavy atom. The summed E-state index contributed by atoms with van der Waals surface area (Å²) in [6, 6.07) is 7.08. The van der Waals surface area contributed by atoms with Gasteiger partial charge in [-0.15, -0.1) is 13.2 Å². The molecule has 0 saturated carbocycles. The second kappa shape index (κ2) is 5.67. The first-order chi connectivity index (χ1) is 9.76. The molecule has 0 aliphatic heterocycles. The average molecular weight is 306 g/mol. The van der Waals surface area contributed by atoms with Crippen molar-refractivity contribution in [2.24, 2.45) is 0 Å². The third-order valence-electron chi connectivity index (χ3n) is 2.64. The van der Waals surface area contributed by atoms with Crippen LogP contribution in [0.3, 0.4) is 0 Å². The second-order valence-electron chi connectivity index (χ2n) is 4.11. The molecule has 2 rings (SSSR count). The molecule has 0 aliphatic carbocycles. The summed E-state index contributed by atoms with van der Waals surface area (Å²) in [4.78, 5) is 0. The van der Waals surface area contributed by atoms with Gasteiger partial charge < -0.3 is 4.74 Å². The average Bonchev–Trinajstić information content (AvgIpc) is 2.38. The predicted molar refractivity (Wildman–Crippen MR) is 63.5 cm³/mol. The number of alkyl halides is 5. The molecule has 2 aromatic carbocycles. The van der Waals surface area contributed by atoms with Crippen molar-refractivity contribution in [3.8, 4) is 16.9 Å². The highest BCUT2D eigenvalue weighted by Gasteiger charge is 2.31. The number of ether oxygens (including phenoxy) is 1. The Bertz CT molecular complexity index is 618. The normalized spacial score (nSPS) is 11.8. The monoisotopic (exact) mass is 306 g/mol. The Morgan fingerprint density at radius 1 is 0.905 bits per heavy atom. The lowest BCUT2D eigenvalue weighted by Gasteiger charge is -2.10. The van der Waals surface area contributed by atoms with Crippen molar-refractivity contribution in [2.45, 2.75) is 12.8 Å². The van der Waals surface area contributed by atoms with E-state index in [2.05, 4.69) is 4.74 Å². The van der Waals surface area contributed by atoms with Gasteiger partial charge in [-0.3, -0.25) is 0 Å². The Hall–Kier alpha value is -2.18. The van der Waals surface area contributed by atoms with Crippen molar-refractivity contribution in [1.82, 2.24) is 0 Å². The predicted octanol–water partition coefficient (Wildman–Crippen LogP) is 5.33. The highest BCUT2D eigenvalue weighted by atomic mass is 19.4. The fourth-order valence-corrected chi connectivity index (χ4v) is 1.74. The topological polar surface area (TPSA) is 9.23 Å². The maximum Gasteiger partial charge on any atom is 0.573 e. The molecule has 0 bridgehead atoms. The molecule has 0 aromatic heterocycles. The number of hydrogen-bond acceptors (Lipinski definition) is 1. The molecular weight excluding hydrogens is 298 g/mol. The minimum atomic E-state index is -4.83. The van der Waals surface area contributed by atoms with E-state index in [4.69, 9.17) is 0 Å². The van der Waals surface area contributed by atoms with Gasteiger partial charge >= 0.3 is 6.36 Å². The van der Waals surface area contributed by atoms with Gasteiger partial charge in [0, 0.05) is 11.1 Å². The summed E-state index contributed by atoms with van der Waals surface area (Å²) < 4.78 is 78.5. The van der Waals surface area contributed by atoms with Gasteiger partial charge in [-0.05, 0) is 29.8 Å². The summed E-state index contributed by atoms with van der Waals surface area (Å²) in [5, 5.41) is 0. The molecule has 112 valence electrons. The second-order valence-corrected chi connectivity index (χ2v) is 4.11. The van der Waals surface area contributed by atoms with E-state index in [0.717, 1.165) is 42.5 Å². The molecule has 0 fully saturated rings. The van der Waals surface area contributed by atoms with Crippen molar-refractivity contribution < 1.29 is 31.1 Å². The van der Waals surface area contributed by atoms with Crippen molar-refractivity contribution in [3.63, 3.8) is 0 Å². The Morgan fingerprint density at radius 3 is 2.05 bits per heavy atom. The molecule has 0 spiro atoms. The van der Waals surface area contributed by atoms with Crippen LogP contribution >= 0.6 is 0 Å². The zero-order valence-corrected chi connectivity index (χ0v) is 10.3. The van der Waals surface area contributed by atoms with Crippen LogP contribution in [0.5, 0.6) is 5.75 Å². The Kier molecular flexibility index (Phi) is 4.11. The number of benzene rings is 2. The van der Waals surface area contributed by atoms with Crippen molar-refractivity contribution >= 4 is 0 Å². The van der Waals surface area contributed by atoms with Crippen LogP contribution in [0, 0.1) is 5.82 Å². The molecule has 2 aromatic rings. The van der Waals surface area contributed by atoms with Gasteiger partial charge in [0.1, 0.15) is 11.6 Å². The van der Waals surface area contributed by atoms with Crippen molar-refractivity contribution in [3.05, 3.63) is 53.8 Å². The molecule has 0 saturated heterocycles. The van der Waals surface area contributed by atoms with Gasteiger partial charge in [0.15, 0.2) is 0 Å². The molecule has 0 heterocycles. The van der Waals surface area contributed by atoms with E-state index in [1.807, 2.05) is 0 Å². The molecule has 0 N–H and O–H groups in total. The van der Waals surface area contributed by atoms with Gasteiger partial charge in [0.2, 0.25) is 0 Å². The SMILES string of the molecule is Fc1ccc(C(F)F)cc1-c1ccc(OC(F)(F)F)cc1. The van der Waals surface area contributed by atoms with Crippen LogP contribution in [0.2, 0.25) is 0 Å². The summed E-state index contributed by atoms with van der Waals surface area (Å²) in [5.74, 6) is -1.22. The zero-order valence-electron chi connectivity index (χ0n) is 10.3. The zero-order chi connectivity index (χ0) is 15.6. The minimum absolute atomic E-state index is 0.119. The molecule has 0 radical (unpaired) electrons. The van der Waals surface area contributed by atoms with Crippen LogP contribution in [0.1, 0.15) is 12.0 Å². The van der Waals surface area contributed by atoms with E-state index < -0.39 is 24.4 Å².